The van der Waals surface area contributed by atoms with E-state index in [1.807, 2.05) is 0 Å². The van der Waals surface area contributed by atoms with Crippen LogP contribution < -0.4 is 5.73 Å². The Kier molecular flexibility index (Phi) is 2.14. The summed E-state index contributed by atoms with van der Waals surface area (Å²) in [5.74, 6) is 0. The summed E-state index contributed by atoms with van der Waals surface area (Å²) in [6, 6.07) is 0. The van der Waals surface area contributed by atoms with Gasteiger partial charge in [-0.15, -0.1) is 0 Å². The molecule has 1 rings (SSSR count). The molecular weight excluding hydrogens is 122 g/mol. The van der Waals surface area contributed by atoms with E-state index in [2.05, 4.69) is 19.9 Å². The standard InChI is InChI=1S/C9H17N/c1-3-4-8-7-9(8,2)5-6-10/h4H,3,5-7,10H2,1-2H3. The maximum atomic E-state index is 5.49. The number of hydrogen-bond acceptors (Lipinski definition) is 1. The molecule has 0 heterocycles. The van der Waals surface area contributed by atoms with Crippen LogP contribution in [0.2, 0.25) is 0 Å². The highest BCUT2D eigenvalue weighted by Crippen LogP contribution is 2.54. The van der Waals surface area contributed by atoms with E-state index >= 15 is 0 Å². The molecule has 0 aromatic heterocycles. The van der Waals surface area contributed by atoms with Gasteiger partial charge in [0.2, 0.25) is 0 Å². The fourth-order valence-corrected chi connectivity index (χ4v) is 1.51. The van der Waals surface area contributed by atoms with Crippen molar-refractivity contribution in [2.24, 2.45) is 11.1 Å². The molecule has 0 amide bonds. The summed E-state index contributed by atoms with van der Waals surface area (Å²) in [4.78, 5) is 0. The first-order chi connectivity index (χ1) is 4.73. The minimum atomic E-state index is 0.505. The van der Waals surface area contributed by atoms with Crippen LogP contribution in [0.4, 0.5) is 0 Å². The third-order valence-corrected chi connectivity index (χ3v) is 2.38. The molecule has 1 unspecified atom stereocenters. The van der Waals surface area contributed by atoms with Gasteiger partial charge in [0.05, 0.1) is 0 Å². The smallest absolute Gasteiger partial charge is 0.00668 e. The second-order valence-corrected chi connectivity index (χ2v) is 3.41. The molecule has 0 radical (unpaired) electrons. The zero-order chi connectivity index (χ0) is 7.61. The summed E-state index contributed by atoms with van der Waals surface area (Å²) in [5.41, 5.74) is 7.62. The third kappa shape index (κ3) is 1.40. The van der Waals surface area contributed by atoms with Gasteiger partial charge in [-0.3, -0.25) is 0 Å². The van der Waals surface area contributed by atoms with E-state index in [1.54, 1.807) is 5.57 Å². The normalized spacial score (nSPS) is 34.9. The highest BCUT2D eigenvalue weighted by atomic mass is 14.6. The van der Waals surface area contributed by atoms with Gasteiger partial charge in [0.15, 0.2) is 0 Å². The van der Waals surface area contributed by atoms with Crippen molar-refractivity contribution in [3.63, 3.8) is 0 Å². The van der Waals surface area contributed by atoms with E-state index in [0.717, 1.165) is 6.54 Å². The first-order valence-corrected chi connectivity index (χ1v) is 4.12. The average molecular weight is 139 g/mol. The van der Waals surface area contributed by atoms with Crippen LogP contribution in [0.5, 0.6) is 0 Å². The minimum absolute atomic E-state index is 0.505. The molecule has 10 heavy (non-hydrogen) atoms. The summed E-state index contributed by atoms with van der Waals surface area (Å²) in [5, 5.41) is 0. The van der Waals surface area contributed by atoms with Crippen molar-refractivity contribution in [1.29, 1.82) is 0 Å². The summed E-state index contributed by atoms with van der Waals surface area (Å²) in [6.45, 7) is 5.33. The van der Waals surface area contributed by atoms with E-state index in [9.17, 15) is 0 Å². The molecule has 2 N–H and O–H groups in total. The molecule has 1 aliphatic carbocycles. The molecule has 0 aliphatic heterocycles. The van der Waals surface area contributed by atoms with Crippen LogP contribution in [0.15, 0.2) is 11.6 Å². The maximum Gasteiger partial charge on any atom is -0.00668 e. The van der Waals surface area contributed by atoms with Gasteiger partial charge in [-0.1, -0.05) is 25.5 Å². The first kappa shape index (κ1) is 7.80. The summed E-state index contributed by atoms with van der Waals surface area (Å²) in [7, 11) is 0. The number of allylic oxidation sites excluding steroid dienone is 2. The number of nitrogens with two attached hydrogens (primary N) is 1. The van der Waals surface area contributed by atoms with Crippen LogP contribution in [0.25, 0.3) is 0 Å². The van der Waals surface area contributed by atoms with E-state index in [1.165, 1.54) is 19.3 Å². The molecule has 1 nitrogen and oxygen atoms in total. The van der Waals surface area contributed by atoms with Crippen molar-refractivity contribution in [2.45, 2.75) is 33.1 Å². The van der Waals surface area contributed by atoms with Gasteiger partial charge in [0.1, 0.15) is 0 Å². The topological polar surface area (TPSA) is 26.0 Å². The second-order valence-electron chi connectivity index (χ2n) is 3.41. The van der Waals surface area contributed by atoms with Gasteiger partial charge < -0.3 is 5.73 Å². The Morgan fingerprint density at radius 2 is 2.40 bits per heavy atom. The lowest BCUT2D eigenvalue weighted by molar-refractivity contribution is 0.553. The quantitative estimate of drug-likeness (QED) is 0.595. The van der Waals surface area contributed by atoms with Gasteiger partial charge in [0.25, 0.3) is 0 Å². The predicted octanol–water partition coefficient (Wildman–Crippen LogP) is 2.08. The lowest BCUT2D eigenvalue weighted by atomic mass is 10.0. The molecule has 0 aromatic rings. The molecule has 0 spiro atoms. The van der Waals surface area contributed by atoms with Crippen LogP contribution in [0.1, 0.15) is 33.1 Å². The molecular formula is C9H17N. The van der Waals surface area contributed by atoms with Gasteiger partial charge in [-0.25, -0.2) is 0 Å². The number of hydrogen-bond donors (Lipinski definition) is 1. The van der Waals surface area contributed by atoms with Gasteiger partial charge in [-0.2, -0.15) is 0 Å². The average Bonchev–Trinajstić information content (AvgIpc) is 2.44. The van der Waals surface area contributed by atoms with Crippen molar-refractivity contribution in [3.8, 4) is 0 Å². The van der Waals surface area contributed by atoms with Gasteiger partial charge >= 0.3 is 0 Å². The Morgan fingerprint density at radius 3 is 2.90 bits per heavy atom. The first-order valence-electron chi connectivity index (χ1n) is 4.12. The van der Waals surface area contributed by atoms with Gasteiger partial charge in [-0.05, 0) is 31.2 Å². The van der Waals surface area contributed by atoms with E-state index < -0.39 is 0 Å². The molecule has 0 saturated heterocycles. The fourth-order valence-electron chi connectivity index (χ4n) is 1.51. The lowest BCUT2D eigenvalue weighted by Gasteiger charge is -2.02. The highest BCUT2D eigenvalue weighted by Gasteiger charge is 2.42. The summed E-state index contributed by atoms with van der Waals surface area (Å²) < 4.78 is 0. The second kappa shape index (κ2) is 2.75. The molecule has 1 fully saturated rings. The molecule has 0 bridgehead atoms. The molecule has 1 heteroatoms. The zero-order valence-corrected chi connectivity index (χ0v) is 6.98. The fraction of sp³-hybridized carbons (Fsp3) is 0.778. The Bertz CT molecular complexity index is 149. The largest absolute Gasteiger partial charge is 0.330 e. The van der Waals surface area contributed by atoms with Crippen molar-refractivity contribution in [1.82, 2.24) is 0 Å². The monoisotopic (exact) mass is 139 g/mol. The van der Waals surface area contributed by atoms with Crippen molar-refractivity contribution >= 4 is 0 Å². The Morgan fingerprint density at radius 1 is 1.70 bits per heavy atom. The van der Waals surface area contributed by atoms with Gasteiger partial charge in [0, 0.05) is 0 Å². The Hall–Kier alpha value is -0.300. The van der Waals surface area contributed by atoms with E-state index in [-0.39, 0.29) is 0 Å². The number of rotatable bonds is 3. The van der Waals surface area contributed by atoms with Crippen LogP contribution in [-0.4, -0.2) is 6.54 Å². The third-order valence-electron chi connectivity index (χ3n) is 2.38. The van der Waals surface area contributed by atoms with E-state index in [0.29, 0.717) is 5.41 Å². The van der Waals surface area contributed by atoms with Crippen LogP contribution in [0.3, 0.4) is 0 Å². The molecule has 1 saturated carbocycles. The minimum Gasteiger partial charge on any atom is -0.330 e. The van der Waals surface area contributed by atoms with E-state index in [4.69, 9.17) is 5.73 Å². The molecule has 1 aliphatic rings. The lowest BCUT2D eigenvalue weighted by Crippen LogP contribution is -2.05. The zero-order valence-electron chi connectivity index (χ0n) is 6.98. The highest BCUT2D eigenvalue weighted by molar-refractivity contribution is 5.30. The predicted molar refractivity (Wildman–Crippen MR) is 44.8 cm³/mol. The molecule has 0 aromatic carbocycles. The van der Waals surface area contributed by atoms with Crippen LogP contribution >= 0.6 is 0 Å². The Balaban J connectivity index is 2.40. The summed E-state index contributed by atoms with van der Waals surface area (Å²) in [6.07, 6.45) is 5.97. The van der Waals surface area contributed by atoms with Crippen molar-refractivity contribution in [2.75, 3.05) is 6.54 Å². The SMILES string of the molecule is CCC=C1CC1(C)CCN. The molecule has 1 atom stereocenters. The van der Waals surface area contributed by atoms with Crippen LogP contribution in [-0.2, 0) is 0 Å². The summed E-state index contributed by atoms with van der Waals surface area (Å²) >= 11 is 0. The van der Waals surface area contributed by atoms with Crippen LogP contribution in [0, 0.1) is 5.41 Å². The molecule has 58 valence electrons. The Labute approximate surface area is 63.3 Å². The van der Waals surface area contributed by atoms with Crippen molar-refractivity contribution < 1.29 is 0 Å². The van der Waals surface area contributed by atoms with Crippen molar-refractivity contribution in [3.05, 3.63) is 11.6 Å². The maximum absolute atomic E-state index is 5.49.